The molecule has 1 aromatic rings. The molecule has 2 N–H and O–H groups in total. The van der Waals surface area contributed by atoms with Crippen LogP contribution >= 0.6 is 0 Å². The van der Waals surface area contributed by atoms with Crippen LogP contribution in [0.3, 0.4) is 0 Å². The molecule has 0 bridgehead atoms. The molecule has 2 rings (SSSR count). The summed E-state index contributed by atoms with van der Waals surface area (Å²) >= 11 is 0. The first-order valence-electron chi connectivity index (χ1n) is 5.94. The summed E-state index contributed by atoms with van der Waals surface area (Å²) in [7, 11) is 0. The molecule has 1 heterocycles. The Morgan fingerprint density at radius 3 is 2.81 bits per heavy atom. The minimum atomic E-state index is -0.581. The van der Waals surface area contributed by atoms with E-state index in [2.05, 4.69) is 10.3 Å². The zero-order valence-electron chi connectivity index (χ0n) is 9.47. The number of rotatable bonds is 5. The Morgan fingerprint density at radius 1 is 1.38 bits per heavy atom. The molecule has 1 saturated carbocycles. The van der Waals surface area contributed by atoms with E-state index in [1.54, 1.807) is 4.68 Å². The van der Waals surface area contributed by atoms with Crippen LogP contribution in [0.1, 0.15) is 37.8 Å². The van der Waals surface area contributed by atoms with E-state index in [4.69, 9.17) is 5.11 Å². The predicted molar refractivity (Wildman–Crippen MR) is 58.8 cm³/mol. The summed E-state index contributed by atoms with van der Waals surface area (Å²) in [6.07, 6.45) is 7.24. The third kappa shape index (κ3) is 2.80. The molecule has 0 saturated heterocycles. The average molecular weight is 225 g/mol. The maximum Gasteiger partial charge on any atom is 0.0843 e. The van der Waals surface area contributed by atoms with Gasteiger partial charge in [0.15, 0.2) is 0 Å². The van der Waals surface area contributed by atoms with Crippen LogP contribution in [-0.2, 0) is 13.0 Å². The zero-order chi connectivity index (χ0) is 11.4. The molecule has 1 fully saturated rings. The van der Waals surface area contributed by atoms with Crippen LogP contribution in [-0.4, -0.2) is 37.4 Å². The van der Waals surface area contributed by atoms with E-state index in [1.165, 1.54) is 0 Å². The highest BCUT2D eigenvalue weighted by molar-refractivity contribution is 4.94. The Hall–Kier alpha value is -0.940. The van der Waals surface area contributed by atoms with E-state index in [-0.39, 0.29) is 6.61 Å². The third-order valence-corrected chi connectivity index (χ3v) is 3.17. The number of hydrogen-bond acceptors (Lipinski definition) is 4. The smallest absolute Gasteiger partial charge is 0.0843 e. The Balaban J connectivity index is 1.91. The topological polar surface area (TPSA) is 71.2 Å². The molecule has 1 aromatic heterocycles. The second-order valence-electron chi connectivity index (χ2n) is 4.67. The fraction of sp³-hybridized carbons (Fsp3) is 0.818. The molecule has 90 valence electrons. The Kier molecular flexibility index (Phi) is 3.56. The molecule has 16 heavy (non-hydrogen) atoms. The lowest BCUT2D eigenvalue weighted by atomic mass is 10.0. The van der Waals surface area contributed by atoms with E-state index in [0.717, 1.165) is 37.8 Å². The van der Waals surface area contributed by atoms with Crippen LogP contribution in [0, 0.1) is 0 Å². The standard InChI is InChI=1S/C11H19N3O2/c15-7-3-4-10-8-14(13-12-10)9-11(16)5-1-2-6-11/h8,15-16H,1-7,9H2. The Bertz CT molecular complexity index is 332. The van der Waals surface area contributed by atoms with Gasteiger partial charge in [-0.25, -0.2) is 4.68 Å². The molecule has 0 radical (unpaired) electrons. The highest BCUT2D eigenvalue weighted by atomic mass is 16.3. The molecule has 0 amide bonds. The minimum absolute atomic E-state index is 0.177. The number of aliphatic hydroxyl groups is 2. The molecule has 1 aliphatic rings. The third-order valence-electron chi connectivity index (χ3n) is 3.17. The van der Waals surface area contributed by atoms with E-state index >= 15 is 0 Å². The molecule has 0 spiro atoms. The van der Waals surface area contributed by atoms with Crippen LogP contribution in [0.15, 0.2) is 6.20 Å². The summed E-state index contributed by atoms with van der Waals surface area (Å²) in [5.41, 5.74) is 0.303. The largest absolute Gasteiger partial charge is 0.396 e. The minimum Gasteiger partial charge on any atom is -0.396 e. The van der Waals surface area contributed by atoms with Gasteiger partial charge in [0, 0.05) is 12.8 Å². The van der Waals surface area contributed by atoms with Crippen molar-refractivity contribution in [3.8, 4) is 0 Å². The van der Waals surface area contributed by atoms with Crippen molar-refractivity contribution in [1.82, 2.24) is 15.0 Å². The number of aromatic nitrogens is 3. The molecule has 0 aliphatic heterocycles. The fourth-order valence-corrected chi connectivity index (χ4v) is 2.28. The van der Waals surface area contributed by atoms with Crippen molar-refractivity contribution in [2.75, 3.05) is 6.61 Å². The van der Waals surface area contributed by atoms with Gasteiger partial charge in [-0.15, -0.1) is 5.10 Å². The van der Waals surface area contributed by atoms with Gasteiger partial charge < -0.3 is 10.2 Å². The Labute approximate surface area is 95.1 Å². The van der Waals surface area contributed by atoms with Crippen molar-refractivity contribution in [3.63, 3.8) is 0 Å². The van der Waals surface area contributed by atoms with E-state index < -0.39 is 5.60 Å². The first kappa shape index (κ1) is 11.5. The van der Waals surface area contributed by atoms with Crippen LogP contribution < -0.4 is 0 Å². The maximum atomic E-state index is 10.2. The number of aryl methyl sites for hydroxylation is 1. The average Bonchev–Trinajstić information content (AvgIpc) is 2.85. The van der Waals surface area contributed by atoms with Crippen molar-refractivity contribution in [2.24, 2.45) is 0 Å². The number of hydrogen-bond donors (Lipinski definition) is 2. The van der Waals surface area contributed by atoms with Gasteiger partial charge in [0.1, 0.15) is 0 Å². The lowest BCUT2D eigenvalue weighted by Gasteiger charge is -2.21. The molecule has 0 unspecified atom stereocenters. The molecule has 5 nitrogen and oxygen atoms in total. The molecule has 0 aromatic carbocycles. The van der Waals surface area contributed by atoms with E-state index in [0.29, 0.717) is 13.0 Å². The lowest BCUT2D eigenvalue weighted by Crippen LogP contribution is -2.30. The first-order chi connectivity index (χ1) is 7.72. The summed E-state index contributed by atoms with van der Waals surface area (Å²) < 4.78 is 1.72. The van der Waals surface area contributed by atoms with Crippen molar-refractivity contribution in [3.05, 3.63) is 11.9 Å². The van der Waals surface area contributed by atoms with Crippen molar-refractivity contribution in [2.45, 2.75) is 50.7 Å². The summed E-state index contributed by atoms with van der Waals surface area (Å²) in [4.78, 5) is 0. The number of nitrogens with zero attached hydrogens (tertiary/aromatic N) is 3. The van der Waals surface area contributed by atoms with Gasteiger partial charge in [-0.3, -0.25) is 0 Å². The predicted octanol–water partition coefficient (Wildman–Crippen LogP) is 0.508. The van der Waals surface area contributed by atoms with E-state index in [1.807, 2.05) is 6.20 Å². The fourth-order valence-electron chi connectivity index (χ4n) is 2.28. The highest BCUT2D eigenvalue weighted by Gasteiger charge is 2.31. The lowest BCUT2D eigenvalue weighted by molar-refractivity contribution is 0.0260. The van der Waals surface area contributed by atoms with Crippen LogP contribution in [0.25, 0.3) is 0 Å². The van der Waals surface area contributed by atoms with Crippen molar-refractivity contribution in [1.29, 1.82) is 0 Å². The molecule has 5 heteroatoms. The zero-order valence-corrected chi connectivity index (χ0v) is 9.47. The first-order valence-corrected chi connectivity index (χ1v) is 5.94. The Morgan fingerprint density at radius 2 is 2.12 bits per heavy atom. The van der Waals surface area contributed by atoms with Crippen LogP contribution in [0.2, 0.25) is 0 Å². The maximum absolute atomic E-state index is 10.2. The molecule has 0 atom stereocenters. The van der Waals surface area contributed by atoms with Crippen molar-refractivity contribution >= 4 is 0 Å². The van der Waals surface area contributed by atoms with Crippen LogP contribution in [0.4, 0.5) is 0 Å². The van der Waals surface area contributed by atoms with Crippen molar-refractivity contribution < 1.29 is 10.2 Å². The normalized spacial score (nSPS) is 19.1. The van der Waals surface area contributed by atoms with Gasteiger partial charge in [-0.1, -0.05) is 18.1 Å². The van der Waals surface area contributed by atoms with Gasteiger partial charge in [0.05, 0.1) is 17.8 Å². The van der Waals surface area contributed by atoms with E-state index in [9.17, 15) is 5.11 Å². The molecule has 1 aliphatic carbocycles. The highest BCUT2D eigenvalue weighted by Crippen LogP contribution is 2.30. The van der Waals surface area contributed by atoms with Crippen LogP contribution in [0.5, 0.6) is 0 Å². The summed E-state index contributed by atoms with van der Waals surface area (Å²) in [5.74, 6) is 0. The van der Waals surface area contributed by atoms with Gasteiger partial charge in [-0.05, 0) is 25.7 Å². The van der Waals surface area contributed by atoms with Gasteiger partial charge in [-0.2, -0.15) is 0 Å². The summed E-state index contributed by atoms with van der Waals surface area (Å²) in [5, 5.41) is 26.9. The summed E-state index contributed by atoms with van der Waals surface area (Å²) in [6, 6.07) is 0. The van der Waals surface area contributed by atoms with Gasteiger partial charge >= 0.3 is 0 Å². The molecular weight excluding hydrogens is 206 g/mol. The second kappa shape index (κ2) is 4.93. The molecular formula is C11H19N3O2. The monoisotopic (exact) mass is 225 g/mol. The summed E-state index contributed by atoms with van der Waals surface area (Å²) in [6.45, 7) is 0.718. The second-order valence-corrected chi connectivity index (χ2v) is 4.67. The number of aliphatic hydroxyl groups excluding tert-OH is 1. The van der Waals surface area contributed by atoms with Gasteiger partial charge in [0.2, 0.25) is 0 Å². The SMILES string of the molecule is OCCCc1cn(CC2(O)CCCC2)nn1. The van der Waals surface area contributed by atoms with Gasteiger partial charge in [0.25, 0.3) is 0 Å². The quantitative estimate of drug-likeness (QED) is 0.766.